The Morgan fingerprint density at radius 2 is 1.56 bits per heavy atom. The van der Waals surface area contributed by atoms with Crippen molar-refractivity contribution in [3.05, 3.63) is 0 Å². The monoisotopic (exact) mass is 225 g/mol. The fourth-order valence-corrected chi connectivity index (χ4v) is 3.47. The van der Waals surface area contributed by atoms with Crippen LogP contribution >= 0.6 is 0 Å². The molecule has 0 radical (unpaired) electrons. The summed E-state index contributed by atoms with van der Waals surface area (Å²) in [6.07, 6.45) is 8.15. The van der Waals surface area contributed by atoms with Crippen LogP contribution in [0.5, 0.6) is 0 Å². The molecular formula is C13H27N3. The Morgan fingerprint density at radius 1 is 1.00 bits per heavy atom. The highest BCUT2D eigenvalue weighted by molar-refractivity contribution is 4.86. The first-order valence-corrected chi connectivity index (χ1v) is 6.99. The van der Waals surface area contributed by atoms with E-state index >= 15 is 0 Å². The fourth-order valence-electron chi connectivity index (χ4n) is 3.47. The topological polar surface area (TPSA) is 55.3 Å². The van der Waals surface area contributed by atoms with Crippen LogP contribution in [0.4, 0.5) is 0 Å². The number of nitrogens with two attached hydrogens (primary N) is 2. The molecule has 1 saturated carbocycles. The third kappa shape index (κ3) is 2.96. The van der Waals surface area contributed by atoms with Gasteiger partial charge in [0.1, 0.15) is 0 Å². The third-order valence-corrected chi connectivity index (χ3v) is 4.57. The highest BCUT2D eigenvalue weighted by Crippen LogP contribution is 2.33. The predicted octanol–water partition coefficient (Wildman–Crippen LogP) is 1.17. The quantitative estimate of drug-likeness (QED) is 0.755. The van der Waals surface area contributed by atoms with Crippen molar-refractivity contribution in [3.63, 3.8) is 0 Å². The van der Waals surface area contributed by atoms with Gasteiger partial charge in [-0.15, -0.1) is 0 Å². The molecule has 1 atom stereocenters. The van der Waals surface area contributed by atoms with E-state index in [4.69, 9.17) is 11.5 Å². The summed E-state index contributed by atoms with van der Waals surface area (Å²) in [4.78, 5) is 2.48. The maximum Gasteiger partial charge on any atom is 0.0105 e. The number of nitrogens with zero attached hydrogens (tertiary/aromatic N) is 1. The van der Waals surface area contributed by atoms with E-state index in [1.165, 1.54) is 51.6 Å². The number of piperidine rings is 1. The zero-order valence-corrected chi connectivity index (χ0v) is 10.4. The first-order chi connectivity index (χ1) is 7.81. The molecule has 94 valence electrons. The highest BCUT2D eigenvalue weighted by atomic mass is 15.1. The predicted molar refractivity (Wildman–Crippen MR) is 68.2 cm³/mol. The average Bonchev–Trinajstić information content (AvgIpc) is 2.83. The van der Waals surface area contributed by atoms with Gasteiger partial charge < -0.3 is 16.4 Å². The molecule has 2 fully saturated rings. The fraction of sp³-hybridized carbons (Fsp3) is 1.00. The summed E-state index contributed by atoms with van der Waals surface area (Å²) in [5.41, 5.74) is 12.0. The van der Waals surface area contributed by atoms with Gasteiger partial charge in [-0.1, -0.05) is 12.8 Å². The van der Waals surface area contributed by atoms with Gasteiger partial charge in [0.2, 0.25) is 0 Å². The van der Waals surface area contributed by atoms with Crippen LogP contribution in [0.3, 0.4) is 0 Å². The summed E-state index contributed by atoms with van der Waals surface area (Å²) in [7, 11) is 0. The van der Waals surface area contributed by atoms with Crippen LogP contribution in [0.2, 0.25) is 0 Å². The van der Waals surface area contributed by atoms with Gasteiger partial charge in [0.05, 0.1) is 0 Å². The minimum absolute atomic E-state index is 0.475. The summed E-state index contributed by atoms with van der Waals surface area (Å²) >= 11 is 0. The zero-order valence-electron chi connectivity index (χ0n) is 10.4. The van der Waals surface area contributed by atoms with E-state index in [2.05, 4.69) is 4.90 Å². The number of likely N-dealkylation sites (tertiary alicyclic amines) is 1. The molecule has 1 heterocycles. The third-order valence-electron chi connectivity index (χ3n) is 4.57. The van der Waals surface area contributed by atoms with Crippen LogP contribution in [0.1, 0.15) is 38.5 Å². The lowest BCUT2D eigenvalue weighted by Crippen LogP contribution is -2.44. The van der Waals surface area contributed by atoms with E-state index < -0.39 is 0 Å². The minimum atomic E-state index is 0.475. The van der Waals surface area contributed by atoms with Gasteiger partial charge in [-0.3, -0.25) is 0 Å². The Bertz CT molecular complexity index is 193. The van der Waals surface area contributed by atoms with Crippen molar-refractivity contribution in [2.75, 3.05) is 26.2 Å². The second-order valence-corrected chi connectivity index (χ2v) is 5.59. The summed E-state index contributed by atoms with van der Waals surface area (Å²) in [6, 6.07) is 0.475. The molecule has 2 aliphatic rings. The number of hydrogen-bond acceptors (Lipinski definition) is 3. The Morgan fingerprint density at radius 3 is 2.12 bits per heavy atom. The standard InChI is InChI=1S/C13H27N3/c14-7-10-16-8-5-12(6-9-16)13(15)11-3-1-2-4-11/h11-13H,1-10,14-15H2. The highest BCUT2D eigenvalue weighted by Gasteiger charge is 2.30. The summed E-state index contributed by atoms with van der Waals surface area (Å²) in [5, 5.41) is 0. The number of hydrogen-bond donors (Lipinski definition) is 2. The number of rotatable bonds is 4. The van der Waals surface area contributed by atoms with E-state index in [0.29, 0.717) is 6.04 Å². The smallest absolute Gasteiger partial charge is 0.0105 e. The Hall–Kier alpha value is -0.120. The van der Waals surface area contributed by atoms with Crippen molar-refractivity contribution in [2.45, 2.75) is 44.6 Å². The van der Waals surface area contributed by atoms with Crippen molar-refractivity contribution >= 4 is 0 Å². The normalized spacial score (nSPS) is 27.4. The van der Waals surface area contributed by atoms with Gasteiger partial charge in [-0.05, 0) is 50.6 Å². The lowest BCUT2D eigenvalue weighted by molar-refractivity contribution is 0.154. The largest absolute Gasteiger partial charge is 0.329 e. The Balaban J connectivity index is 1.74. The lowest BCUT2D eigenvalue weighted by Gasteiger charge is -2.36. The molecule has 1 aliphatic heterocycles. The molecular weight excluding hydrogens is 198 g/mol. The average molecular weight is 225 g/mol. The summed E-state index contributed by atoms with van der Waals surface area (Å²) < 4.78 is 0. The first-order valence-electron chi connectivity index (χ1n) is 6.99. The molecule has 1 saturated heterocycles. The molecule has 0 aromatic rings. The first kappa shape index (κ1) is 12.3. The molecule has 0 bridgehead atoms. The molecule has 0 amide bonds. The molecule has 2 rings (SSSR count). The maximum absolute atomic E-state index is 6.43. The van der Waals surface area contributed by atoms with Gasteiger partial charge >= 0.3 is 0 Å². The van der Waals surface area contributed by atoms with Gasteiger partial charge in [-0.2, -0.15) is 0 Å². The Labute approximate surface area is 99.5 Å². The molecule has 4 N–H and O–H groups in total. The Kier molecular flexibility index (Phi) is 4.62. The second kappa shape index (κ2) is 5.99. The summed E-state index contributed by atoms with van der Waals surface area (Å²) in [5.74, 6) is 1.60. The van der Waals surface area contributed by atoms with Crippen molar-refractivity contribution in [3.8, 4) is 0 Å². The van der Waals surface area contributed by atoms with Gasteiger partial charge in [0, 0.05) is 19.1 Å². The van der Waals surface area contributed by atoms with Gasteiger partial charge in [0.25, 0.3) is 0 Å². The molecule has 0 aromatic carbocycles. The maximum atomic E-state index is 6.43. The minimum Gasteiger partial charge on any atom is -0.329 e. The van der Waals surface area contributed by atoms with E-state index in [0.717, 1.165) is 24.9 Å². The molecule has 1 aliphatic carbocycles. The lowest BCUT2D eigenvalue weighted by atomic mass is 9.82. The molecule has 0 aromatic heterocycles. The van der Waals surface area contributed by atoms with Gasteiger partial charge in [0.15, 0.2) is 0 Å². The van der Waals surface area contributed by atoms with E-state index in [-0.39, 0.29) is 0 Å². The van der Waals surface area contributed by atoms with E-state index in [1.807, 2.05) is 0 Å². The molecule has 0 spiro atoms. The van der Waals surface area contributed by atoms with Crippen molar-refractivity contribution in [2.24, 2.45) is 23.3 Å². The second-order valence-electron chi connectivity index (χ2n) is 5.59. The van der Waals surface area contributed by atoms with E-state index in [1.54, 1.807) is 0 Å². The van der Waals surface area contributed by atoms with Gasteiger partial charge in [-0.25, -0.2) is 0 Å². The molecule has 16 heavy (non-hydrogen) atoms. The van der Waals surface area contributed by atoms with Crippen LogP contribution < -0.4 is 11.5 Å². The van der Waals surface area contributed by atoms with Crippen LogP contribution in [0, 0.1) is 11.8 Å². The summed E-state index contributed by atoms with van der Waals surface area (Å²) in [6.45, 7) is 4.27. The van der Waals surface area contributed by atoms with Crippen molar-refractivity contribution in [1.82, 2.24) is 4.90 Å². The van der Waals surface area contributed by atoms with Crippen LogP contribution in [0.25, 0.3) is 0 Å². The molecule has 3 heteroatoms. The van der Waals surface area contributed by atoms with Crippen LogP contribution in [-0.2, 0) is 0 Å². The van der Waals surface area contributed by atoms with Crippen molar-refractivity contribution < 1.29 is 0 Å². The van der Waals surface area contributed by atoms with Crippen molar-refractivity contribution in [1.29, 1.82) is 0 Å². The van der Waals surface area contributed by atoms with Crippen LogP contribution in [0.15, 0.2) is 0 Å². The SMILES string of the molecule is NCCN1CCC(C(N)C2CCCC2)CC1. The zero-order chi connectivity index (χ0) is 11.4. The van der Waals surface area contributed by atoms with Crippen LogP contribution in [-0.4, -0.2) is 37.1 Å². The van der Waals surface area contributed by atoms with E-state index in [9.17, 15) is 0 Å². The molecule has 3 nitrogen and oxygen atoms in total. The molecule has 1 unspecified atom stereocenters.